The van der Waals surface area contributed by atoms with Crippen molar-refractivity contribution in [1.82, 2.24) is 24.9 Å². The second kappa shape index (κ2) is 17.3. The number of nitrogens with zero attached hydrogens (tertiary/aromatic N) is 6. The highest BCUT2D eigenvalue weighted by atomic mass is 15.0. The third kappa shape index (κ3) is 8.20. The third-order valence-electron chi connectivity index (χ3n) is 12.3. The summed E-state index contributed by atoms with van der Waals surface area (Å²) in [5.41, 5.74) is 14.6. The Labute approximate surface area is 363 Å². The molecule has 10 rings (SSSR count). The average molecular weight is 803 g/mol. The molecule has 0 fully saturated rings. The standard InChI is InChI=1S/C56H46N6/c1-37-22-24-48(33-52(37)45-15-4-14-43(29-45)50-19-8-26-58-35-50)56-61-54(46-16-5-11-40(30-46)39-10-3-13-42(28-39)49-18-7-25-57-34-49)60-55(62-56)47-17-6-12-41(31-47)44-23-21-38(2)53(32-44)51-20-9-27-59-36-51/h3-20,22-33,35-38,49,52H,21,34H2,1-2H3. The largest absolute Gasteiger partial charge is 0.292 e. The van der Waals surface area contributed by atoms with Crippen LogP contribution in [0.2, 0.25) is 0 Å². The normalized spacial score (nSPS) is 19.4. The Morgan fingerprint density at radius 1 is 0.532 bits per heavy atom. The van der Waals surface area contributed by atoms with Crippen molar-refractivity contribution in [3.8, 4) is 45.0 Å². The minimum absolute atomic E-state index is 0.125. The molecule has 0 amide bonds. The smallest absolute Gasteiger partial charge is 0.164 e. The van der Waals surface area contributed by atoms with E-state index in [9.17, 15) is 0 Å². The zero-order chi connectivity index (χ0) is 41.8. The fraction of sp³-hybridized carbons (Fsp3) is 0.143. The van der Waals surface area contributed by atoms with Gasteiger partial charge in [0.1, 0.15) is 0 Å². The fourth-order valence-corrected chi connectivity index (χ4v) is 8.77. The van der Waals surface area contributed by atoms with Crippen LogP contribution in [-0.4, -0.2) is 37.7 Å². The van der Waals surface area contributed by atoms with Crippen molar-refractivity contribution in [1.29, 1.82) is 0 Å². The summed E-state index contributed by atoms with van der Waals surface area (Å²) in [7, 11) is 0. The number of aliphatic imine (C=N–C) groups is 1. The third-order valence-corrected chi connectivity index (χ3v) is 12.3. The van der Waals surface area contributed by atoms with Crippen LogP contribution in [0.1, 0.15) is 60.2 Å². The lowest BCUT2D eigenvalue weighted by molar-refractivity contribution is 0.637. The summed E-state index contributed by atoms with van der Waals surface area (Å²) >= 11 is 0. The Balaban J connectivity index is 1.06. The van der Waals surface area contributed by atoms with Crippen LogP contribution < -0.4 is 0 Å². The van der Waals surface area contributed by atoms with Crippen LogP contribution in [0.15, 0.2) is 194 Å². The highest BCUT2D eigenvalue weighted by molar-refractivity contribution is 5.87. The van der Waals surface area contributed by atoms with Crippen LogP contribution in [0.5, 0.6) is 0 Å². The molecule has 4 atom stereocenters. The molecule has 4 unspecified atom stereocenters. The number of hydrogen-bond acceptors (Lipinski definition) is 6. The van der Waals surface area contributed by atoms with Gasteiger partial charge in [0.05, 0.1) is 0 Å². The highest BCUT2D eigenvalue weighted by Gasteiger charge is 2.23. The van der Waals surface area contributed by atoms with Gasteiger partial charge in [0.15, 0.2) is 17.5 Å². The maximum absolute atomic E-state index is 5.26. The van der Waals surface area contributed by atoms with Crippen LogP contribution >= 0.6 is 0 Å². The van der Waals surface area contributed by atoms with Crippen LogP contribution in [0, 0.1) is 11.8 Å². The molecule has 4 heterocycles. The van der Waals surface area contributed by atoms with Crippen LogP contribution in [0.4, 0.5) is 0 Å². The van der Waals surface area contributed by atoms with Gasteiger partial charge in [-0.05, 0) is 104 Å². The van der Waals surface area contributed by atoms with Crippen molar-refractivity contribution < 1.29 is 0 Å². The molecular weight excluding hydrogens is 757 g/mol. The molecule has 0 saturated heterocycles. The molecule has 62 heavy (non-hydrogen) atoms. The van der Waals surface area contributed by atoms with Gasteiger partial charge in [0, 0.05) is 66.1 Å². The molecule has 7 aromatic rings. The summed E-state index contributed by atoms with van der Waals surface area (Å²) in [4.78, 5) is 29.1. The summed E-state index contributed by atoms with van der Waals surface area (Å²) in [5.74, 6) is 2.98. The first-order valence-electron chi connectivity index (χ1n) is 21.5. The predicted molar refractivity (Wildman–Crippen MR) is 254 cm³/mol. The van der Waals surface area contributed by atoms with E-state index in [4.69, 9.17) is 15.0 Å². The predicted octanol–water partition coefficient (Wildman–Crippen LogP) is 12.9. The van der Waals surface area contributed by atoms with Gasteiger partial charge in [-0.25, -0.2) is 15.0 Å². The first-order valence-corrected chi connectivity index (χ1v) is 21.5. The fourth-order valence-electron chi connectivity index (χ4n) is 8.77. The second-order valence-electron chi connectivity index (χ2n) is 16.5. The van der Waals surface area contributed by atoms with E-state index in [0.717, 1.165) is 63.0 Å². The lowest BCUT2D eigenvalue weighted by atomic mass is 9.81. The number of pyridine rings is 2. The monoisotopic (exact) mass is 802 g/mol. The SMILES string of the molecule is CC1CC=C(c2cccc(-c3nc(C4=CC(c5cccc(-c6cccnc6)c5)C(C)C=C4)nc(-c4cccc(-c5cccc(C6C=CC=NC6)c5)c4)n3)c2)C=C1c1cccnc1. The molecule has 0 N–H and O–H groups in total. The number of rotatable bonds is 9. The highest BCUT2D eigenvalue weighted by Crippen LogP contribution is 2.39. The van der Waals surface area contributed by atoms with E-state index in [2.05, 4.69) is 174 Å². The van der Waals surface area contributed by atoms with E-state index in [1.165, 1.54) is 22.3 Å². The summed E-state index contributed by atoms with van der Waals surface area (Å²) in [6, 6.07) is 43.0. The topological polar surface area (TPSA) is 76.8 Å². The molecule has 1 aliphatic heterocycles. The zero-order valence-electron chi connectivity index (χ0n) is 34.9. The van der Waals surface area contributed by atoms with Crippen molar-refractivity contribution in [2.45, 2.75) is 32.1 Å². The average Bonchev–Trinajstić information content (AvgIpc) is 3.35. The second-order valence-corrected chi connectivity index (χ2v) is 16.5. The minimum Gasteiger partial charge on any atom is -0.292 e. The molecule has 300 valence electrons. The Kier molecular flexibility index (Phi) is 10.8. The maximum Gasteiger partial charge on any atom is 0.164 e. The summed E-state index contributed by atoms with van der Waals surface area (Å²) < 4.78 is 0. The van der Waals surface area contributed by atoms with Gasteiger partial charge >= 0.3 is 0 Å². The molecule has 6 nitrogen and oxygen atoms in total. The quantitative estimate of drug-likeness (QED) is 0.145. The Morgan fingerprint density at radius 3 is 1.84 bits per heavy atom. The van der Waals surface area contributed by atoms with Gasteiger partial charge < -0.3 is 0 Å². The van der Waals surface area contributed by atoms with Crippen molar-refractivity contribution in [2.24, 2.45) is 16.8 Å². The minimum atomic E-state index is 0.125. The molecule has 0 saturated carbocycles. The number of hydrogen-bond donors (Lipinski definition) is 0. The summed E-state index contributed by atoms with van der Waals surface area (Å²) in [5, 5.41) is 0. The van der Waals surface area contributed by atoms with Crippen LogP contribution in [0.25, 0.3) is 61.7 Å². The molecule has 6 heteroatoms. The number of aromatic nitrogens is 5. The van der Waals surface area contributed by atoms with Gasteiger partial charge in [0.2, 0.25) is 0 Å². The van der Waals surface area contributed by atoms with Crippen molar-refractivity contribution in [2.75, 3.05) is 6.54 Å². The van der Waals surface area contributed by atoms with E-state index in [1.54, 1.807) is 0 Å². The first kappa shape index (κ1) is 38.7. The Bertz CT molecular complexity index is 2960. The van der Waals surface area contributed by atoms with Gasteiger partial charge in [-0.1, -0.05) is 147 Å². The van der Waals surface area contributed by atoms with E-state index in [0.29, 0.717) is 23.4 Å². The molecule has 3 aromatic heterocycles. The maximum atomic E-state index is 5.26. The lowest BCUT2D eigenvalue weighted by Crippen LogP contribution is -2.11. The van der Waals surface area contributed by atoms with E-state index in [1.807, 2.05) is 49.2 Å². The van der Waals surface area contributed by atoms with Gasteiger partial charge in [0.25, 0.3) is 0 Å². The van der Waals surface area contributed by atoms with E-state index in [-0.39, 0.29) is 17.8 Å². The number of dihydropyridines is 1. The molecule has 0 radical (unpaired) electrons. The zero-order valence-corrected chi connectivity index (χ0v) is 34.9. The molecule has 0 spiro atoms. The number of benzene rings is 4. The molecular formula is C56H46N6. The van der Waals surface area contributed by atoms with Gasteiger partial charge in [-0.15, -0.1) is 0 Å². The molecule has 0 bridgehead atoms. The van der Waals surface area contributed by atoms with Crippen molar-refractivity contribution in [3.63, 3.8) is 0 Å². The van der Waals surface area contributed by atoms with Crippen LogP contribution in [-0.2, 0) is 0 Å². The number of allylic oxidation sites excluding steroid dienone is 9. The molecule has 3 aliphatic rings. The molecule has 2 aliphatic carbocycles. The van der Waals surface area contributed by atoms with Crippen LogP contribution in [0.3, 0.4) is 0 Å². The van der Waals surface area contributed by atoms with Crippen molar-refractivity contribution >= 4 is 22.9 Å². The first-order chi connectivity index (χ1) is 30.5. The summed E-state index contributed by atoms with van der Waals surface area (Å²) in [6.45, 7) is 5.31. The summed E-state index contributed by atoms with van der Waals surface area (Å²) in [6.07, 6.45) is 26.1. The van der Waals surface area contributed by atoms with Gasteiger partial charge in [-0.3, -0.25) is 15.0 Å². The van der Waals surface area contributed by atoms with Gasteiger partial charge in [-0.2, -0.15) is 0 Å². The van der Waals surface area contributed by atoms with E-state index >= 15 is 0 Å². The van der Waals surface area contributed by atoms with E-state index < -0.39 is 0 Å². The molecule has 4 aromatic carbocycles. The lowest BCUT2D eigenvalue weighted by Gasteiger charge is -2.24. The Morgan fingerprint density at radius 2 is 1.13 bits per heavy atom. The van der Waals surface area contributed by atoms with Crippen molar-refractivity contribution in [3.05, 3.63) is 217 Å². The Hall–Kier alpha value is -7.44.